The van der Waals surface area contributed by atoms with Gasteiger partial charge in [-0.2, -0.15) is 0 Å². The number of halogens is 1. The fourth-order valence-electron chi connectivity index (χ4n) is 1.48. The predicted molar refractivity (Wildman–Crippen MR) is 50.4 cm³/mol. The van der Waals surface area contributed by atoms with Gasteiger partial charge in [-0.15, -0.1) is 0 Å². The largest absolute Gasteiger partial charge is 0.322 e. The van der Waals surface area contributed by atoms with Crippen LogP contribution in [-0.4, -0.2) is 17.5 Å². The number of nitrogens with zero attached hydrogens (tertiary/aromatic N) is 1. The first-order chi connectivity index (χ1) is 6.22. The van der Waals surface area contributed by atoms with E-state index in [2.05, 4.69) is 0 Å². The first-order valence-corrected chi connectivity index (χ1v) is 4.38. The number of fused-ring (bicyclic) bond motifs is 1. The van der Waals surface area contributed by atoms with Crippen LogP contribution >= 0.6 is 11.6 Å². The van der Waals surface area contributed by atoms with Crippen molar-refractivity contribution in [2.75, 3.05) is 6.67 Å². The third kappa shape index (κ3) is 1.30. The number of hydrogen-bond donors (Lipinski definition) is 1. The Bertz CT molecular complexity index is 365. The first-order valence-electron chi connectivity index (χ1n) is 4.00. The van der Waals surface area contributed by atoms with Gasteiger partial charge in [-0.3, -0.25) is 4.79 Å². The summed E-state index contributed by atoms with van der Waals surface area (Å²) in [6, 6.07) is 5.34. The normalized spacial score (nSPS) is 14.9. The van der Waals surface area contributed by atoms with Crippen LogP contribution in [0.2, 0.25) is 5.02 Å². The second-order valence-corrected chi connectivity index (χ2v) is 3.42. The Kier molecular flexibility index (Phi) is 1.98. The van der Waals surface area contributed by atoms with Crippen molar-refractivity contribution in [1.82, 2.24) is 4.90 Å². The third-order valence-electron chi connectivity index (χ3n) is 2.17. The lowest BCUT2D eigenvalue weighted by molar-refractivity contribution is 0.0783. The van der Waals surface area contributed by atoms with Gasteiger partial charge in [0.15, 0.2) is 0 Å². The predicted octanol–water partition coefficient (Wildman–Crippen LogP) is 1.21. The third-order valence-corrected chi connectivity index (χ3v) is 2.41. The number of amides is 1. The molecule has 0 saturated carbocycles. The van der Waals surface area contributed by atoms with E-state index >= 15 is 0 Å². The van der Waals surface area contributed by atoms with Crippen molar-refractivity contribution >= 4 is 17.5 Å². The number of hydrogen-bond acceptors (Lipinski definition) is 2. The molecule has 1 heterocycles. The van der Waals surface area contributed by atoms with Gasteiger partial charge < -0.3 is 10.6 Å². The standard InChI is InChI=1S/C9H9ClN2O/c10-7-2-1-6-4-12(5-11)9(13)8(6)3-7/h1-3H,4-5,11H2. The SMILES string of the molecule is NCN1Cc2ccc(Cl)cc2C1=O. The molecule has 1 aromatic rings. The Morgan fingerprint density at radius 1 is 1.54 bits per heavy atom. The van der Waals surface area contributed by atoms with E-state index in [0.29, 0.717) is 17.1 Å². The van der Waals surface area contributed by atoms with E-state index < -0.39 is 0 Å². The quantitative estimate of drug-likeness (QED) is 0.734. The molecule has 1 aromatic carbocycles. The van der Waals surface area contributed by atoms with Crippen molar-refractivity contribution in [3.8, 4) is 0 Å². The molecule has 4 heteroatoms. The molecule has 1 aliphatic rings. The highest BCUT2D eigenvalue weighted by atomic mass is 35.5. The summed E-state index contributed by atoms with van der Waals surface area (Å²) >= 11 is 5.78. The summed E-state index contributed by atoms with van der Waals surface area (Å²) in [4.78, 5) is 13.2. The first kappa shape index (κ1) is 8.53. The van der Waals surface area contributed by atoms with Crippen LogP contribution in [0.3, 0.4) is 0 Å². The van der Waals surface area contributed by atoms with E-state index in [-0.39, 0.29) is 12.6 Å². The molecule has 0 atom stereocenters. The average molecular weight is 197 g/mol. The molecule has 0 bridgehead atoms. The maximum Gasteiger partial charge on any atom is 0.255 e. The second kappa shape index (κ2) is 3.01. The Morgan fingerprint density at radius 2 is 2.31 bits per heavy atom. The van der Waals surface area contributed by atoms with Crippen molar-refractivity contribution in [1.29, 1.82) is 0 Å². The van der Waals surface area contributed by atoms with Crippen LogP contribution in [0.15, 0.2) is 18.2 Å². The Hall–Kier alpha value is -1.06. The van der Waals surface area contributed by atoms with E-state index in [0.717, 1.165) is 5.56 Å². The van der Waals surface area contributed by atoms with E-state index in [9.17, 15) is 4.79 Å². The number of carbonyl (C=O) groups excluding carboxylic acids is 1. The molecule has 0 radical (unpaired) electrons. The van der Waals surface area contributed by atoms with Crippen molar-refractivity contribution in [2.45, 2.75) is 6.54 Å². The molecule has 1 amide bonds. The van der Waals surface area contributed by atoms with Gasteiger partial charge in [-0.1, -0.05) is 17.7 Å². The van der Waals surface area contributed by atoms with Crippen molar-refractivity contribution in [2.24, 2.45) is 5.73 Å². The number of rotatable bonds is 1. The molecule has 13 heavy (non-hydrogen) atoms. The molecule has 0 spiro atoms. The van der Waals surface area contributed by atoms with Gasteiger partial charge >= 0.3 is 0 Å². The van der Waals surface area contributed by atoms with Gasteiger partial charge in [0.25, 0.3) is 5.91 Å². The summed E-state index contributed by atoms with van der Waals surface area (Å²) in [6.07, 6.45) is 0. The Balaban J connectivity index is 2.45. The highest BCUT2D eigenvalue weighted by molar-refractivity contribution is 6.31. The van der Waals surface area contributed by atoms with Crippen LogP contribution < -0.4 is 5.73 Å². The van der Waals surface area contributed by atoms with Gasteiger partial charge in [0, 0.05) is 17.1 Å². The number of carbonyl (C=O) groups is 1. The second-order valence-electron chi connectivity index (χ2n) is 2.99. The van der Waals surface area contributed by atoms with E-state index in [1.54, 1.807) is 17.0 Å². The zero-order chi connectivity index (χ0) is 9.42. The van der Waals surface area contributed by atoms with Crippen LogP contribution in [0.5, 0.6) is 0 Å². The Morgan fingerprint density at radius 3 is 3.00 bits per heavy atom. The van der Waals surface area contributed by atoms with Gasteiger partial charge in [-0.25, -0.2) is 0 Å². The fourth-order valence-corrected chi connectivity index (χ4v) is 1.65. The van der Waals surface area contributed by atoms with Crippen LogP contribution in [0, 0.1) is 0 Å². The zero-order valence-electron chi connectivity index (χ0n) is 6.96. The minimum absolute atomic E-state index is 0.0278. The molecular formula is C9H9ClN2O. The molecule has 0 aliphatic carbocycles. The molecular weight excluding hydrogens is 188 g/mol. The lowest BCUT2D eigenvalue weighted by Crippen LogP contribution is -2.29. The van der Waals surface area contributed by atoms with Gasteiger partial charge in [-0.05, 0) is 17.7 Å². The monoisotopic (exact) mass is 196 g/mol. The number of benzene rings is 1. The van der Waals surface area contributed by atoms with Gasteiger partial charge in [0.1, 0.15) is 0 Å². The van der Waals surface area contributed by atoms with Crippen LogP contribution in [-0.2, 0) is 6.54 Å². The summed E-state index contributed by atoms with van der Waals surface area (Å²) < 4.78 is 0. The number of nitrogens with two attached hydrogens (primary N) is 1. The maximum absolute atomic E-state index is 11.6. The summed E-state index contributed by atoms with van der Waals surface area (Å²) in [7, 11) is 0. The summed E-state index contributed by atoms with van der Waals surface area (Å²) in [5, 5.41) is 0.589. The Labute approximate surface area is 81.1 Å². The van der Waals surface area contributed by atoms with Crippen molar-refractivity contribution < 1.29 is 4.79 Å². The van der Waals surface area contributed by atoms with Crippen LogP contribution in [0.25, 0.3) is 0 Å². The molecule has 2 N–H and O–H groups in total. The minimum atomic E-state index is -0.0278. The smallest absolute Gasteiger partial charge is 0.255 e. The van der Waals surface area contributed by atoms with Gasteiger partial charge in [0.2, 0.25) is 0 Å². The van der Waals surface area contributed by atoms with Crippen LogP contribution in [0.1, 0.15) is 15.9 Å². The molecule has 1 aliphatic heterocycles. The average Bonchev–Trinajstić information content (AvgIpc) is 2.44. The fraction of sp³-hybridized carbons (Fsp3) is 0.222. The minimum Gasteiger partial charge on any atom is -0.322 e. The summed E-state index contributed by atoms with van der Waals surface area (Å²) in [5.74, 6) is -0.0278. The van der Waals surface area contributed by atoms with E-state index in [1.165, 1.54) is 0 Å². The summed E-state index contributed by atoms with van der Waals surface area (Å²) in [6.45, 7) is 0.854. The lowest BCUT2D eigenvalue weighted by Gasteiger charge is -2.10. The summed E-state index contributed by atoms with van der Waals surface area (Å²) in [5.41, 5.74) is 7.09. The highest BCUT2D eigenvalue weighted by Crippen LogP contribution is 2.24. The molecule has 0 fully saturated rings. The molecule has 0 aromatic heterocycles. The molecule has 0 unspecified atom stereocenters. The molecule has 68 valence electrons. The molecule has 3 nitrogen and oxygen atoms in total. The maximum atomic E-state index is 11.6. The molecule has 2 rings (SSSR count). The lowest BCUT2D eigenvalue weighted by atomic mass is 10.1. The topological polar surface area (TPSA) is 46.3 Å². The van der Waals surface area contributed by atoms with Crippen LogP contribution in [0.4, 0.5) is 0 Å². The van der Waals surface area contributed by atoms with Crippen molar-refractivity contribution in [3.05, 3.63) is 34.3 Å². The zero-order valence-corrected chi connectivity index (χ0v) is 7.71. The van der Waals surface area contributed by atoms with E-state index in [1.807, 2.05) is 6.07 Å². The molecule has 0 saturated heterocycles. The van der Waals surface area contributed by atoms with Gasteiger partial charge in [0.05, 0.1) is 6.67 Å². The highest BCUT2D eigenvalue weighted by Gasteiger charge is 2.25. The van der Waals surface area contributed by atoms with Crippen molar-refractivity contribution in [3.63, 3.8) is 0 Å². The van der Waals surface area contributed by atoms with E-state index in [4.69, 9.17) is 17.3 Å².